The Morgan fingerprint density at radius 1 is 1.47 bits per heavy atom. The smallest absolute Gasteiger partial charge is 0.312 e. The van der Waals surface area contributed by atoms with Crippen molar-refractivity contribution in [2.24, 2.45) is 5.73 Å². The summed E-state index contributed by atoms with van der Waals surface area (Å²) in [6.45, 7) is 3.99. The van der Waals surface area contributed by atoms with E-state index < -0.39 is 6.03 Å². The molecule has 4 N–H and O–H groups in total. The second-order valence-electron chi connectivity index (χ2n) is 4.13. The second kappa shape index (κ2) is 6.13. The molecule has 4 heteroatoms. The molecular weight excluding hydrogens is 216 g/mol. The molecule has 0 aromatic heterocycles. The summed E-state index contributed by atoms with van der Waals surface area (Å²) in [6.07, 6.45) is 2.29. The molecule has 0 heterocycles. The topological polar surface area (TPSA) is 75.3 Å². The minimum absolute atomic E-state index is 0.0133. The molecule has 0 spiro atoms. The van der Waals surface area contributed by atoms with Crippen molar-refractivity contribution in [1.82, 2.24) is 5.32 Å². The highest BCUT2D eigenvalue weighted by atomic mass is 16.3. The Balaban J connectivity index is 2.73. The van der Waals surface area contributed by atoms with Gasteiger partial charge in [0.25, 0.3) is 0 Å². The van der Waals surface area contributed by atoms with Crippen LogP contribution in [-0.2, 0) is 12.8 Å². The van der Waals surface area contributed by atoms with Gasteiger partial charge in [-0.1, -0.05) is 26.0 Å². The number of nitrogens with one attached hydrogen (secondary N) is 1. The van der Waals surface area contributed by atoms with E-state index in [0.717, 1.165) is 24.0 Å². The SMILES string of the molecule is CCc1ccc(CC(CC)NC(N)=O)cc1O. The maximum atomic E-state index is 10.8. The molecule has 1 aromatic carbocycles. The van der Waals surface area contributed by atoms with Crippen LogP contribution in [-0.4, -0.2) is 17.2 Å². The van der Waals surface area contributed by atoms with Crippen LogP contribution in [0.1, 0.15) is 31.4 Å². The fourth-order valence-corrected chi connectivity index (χ4v) is 1.82. The molecule has 17 heavy (non-hydrogen) atoms. The summed E-state index contributed by atoms with van der Waals surface area (Å²) in [4.78, 5) is 10.8. The summed E-state index contributed by atoms with van der Waals surface area (Å²) < 4.78 is 0. The van der Waals surface area contributed by atoms with Crippen molar-refractivity contribution >= 4 is 6.03 Å². The van der Waals surface area contributed by atoms with Crippen molar-refractivity contribution < 1.29 is 9.90 Å². The molecule has 0 fully saturated rings. The molecule has 1 atom stereocenters. The number of amides is 2. The van der Waals surface area contributed by atoms with Gasteiger partial charge in [0.15, 0.2) is 0 Å². The van der Waals surface area contributed by atoms with Crippen LogP contribution < -0.4 is 11.1 Å². The summed E-state index contributed by atoms with van der Waals surface area (Å²) in [5.41, 5.74) is 7.03. The first-order chi connectivity index (χ1) is 8.06. The first kappa shape index (κ1) is 13.4. The maximum absolute atomic E-state index is 10.8. The van der Waals surface area contributed by atoms with E-state index in [1.165, 1.54) is 0 Å². The predicted octanol–water partition coefficient (Wildman–Crippen LogP) is 1.94. The van der Waals surface area contributed by atoms with Crippen LogP contribution >= 0.6 is 0 Å². The van der Waals surface area contributed by atoms with Crippen molar-refractivity contribution in [1.29, 1.82) is 0 Å². The molecule has 4 nitrogen and oxygen atoms in total. The molecule has 0 aliphatic rings. The number of hydrogen-bond acceptors (Lipinski definition) is 2. The van der Waals surface area contributed by atoms with Crippen molar-refractivity contribution in [3.8, 4) is 5.75 Å². The van der Waals surface area contributed by atoms with Gasteiger partial charge in [-0.05, 0) is 36.5 Å². The third-order valence-corrected chi connectivity index (χ3v) is 2.85. The van der Waals surface area contributed by atoms with E-state index in [2.05, 4.69) is 5.32 Å². The van der Waals surface area contributed by atoms with E-state index in [1.807, 2.05) is 26.0 Å². The van der Waals surface area contributed by atoms with Gasteiger partial charge in [-0.3, -0.25) is 0 Å². The van der Waals surface area contributed by atoms with E-state index in [4.69, 9.17) is 5.73 Å². The van der Waals surface area contributed by atoms with Gasteiger partial charge in [-0.15, -0.1) is 0 Å². The number of rotatable bonds is 5. The number of hydrogen-bond donors (Lipinski definition) is 3. The lowest BCUT2D eigenvalue weighted by atomic mass is 10.0. The zero-order valence-corrected chi connectivity index (χ0v) is 10.4. The fourth-order valence-electron chi connectivity index (χ4n) is 1.82. The van der Waals surface area contributed by atoms with Crippen LogP contribution in [0.2, 0.25) is 0 Å². The number of benzene rings is 1. The summed E-state index contributed by atoms with van der Waals surface area (Å²) in [5, 5.41) is 12.4. The number of carbonyl (C=O) groups is 1. The van der Waals surface area contributed by atoms with Gasteiger partial charge in [0.05, 0.1) is 0 Å². The Morgan fingerprint density at radius 3 is 2.65 bits per heavy atom. The van der Waals surface area contributed by atoms with Gasteiger partial charge < -0.3 is 16.2 Å². The molecule has 0 saturated heterocycles. The number of aryl methyl sites for hydroxylation is 1. The molecule has 0 aliphatic carbocycles. The minimum Gasteiger partial charge on any atom is -0.508 e. The molecule has 1 rings (SSSR count). The average molecular weight is 236 g/mol. The van der Waals surface area contributed by atoms with Crippen molar-refractivity contribution in [2.45, 2.75) is 39.2 Å². The lowest BCUT2D eigenvalue weighted by Crippen LogP contribution is -2.39. The van der Waals surface area contributed by atoms with Crippen LogP contribution in [0.3, 0.4) is 0 Å². The lowest BCUT2D eigenvalue weighted by Gasteiger charge is -2.16. The van der Waals surface area contributed by atoms with Crippen LogP contribution in [0.4, 0.5) is 4.79 Å². The zero-order chi connectivity index (χ0) is 12.8. The van der Waals surface area contributed by atoms with Crippen molar-refractivity contribution in [2.75, 3.05) is 0 Å². The largest absolute Gasteiger partial charge is 0.508 e. The van der Waals surface area contributed by atoms with Gasteiger partial charge in [0.2, 0.25) is 0 Å². The quantitative estimate of drug-likeness (QED) is 0.730. The first-order valence-corrected chi connectivity index (χ1v) is 5.93. The molecule has 0 bridgehead atoms. The van der Waals surface area contributed by atoms with Gasteiger partial charge in [0.1, 0.15) is 5.75 Å². The molecular formula is C13H20N2O2. The first-order valence-electron chi connectivity index (χ1n) is 5.93. The van der Waals surface area contributed by atoms with E-state index >= 15 is 0 Å². The normalized spacial score (nSPS) is 12.1. The Labute approximate surface area is 102 Å². The Bertz CT molecular complexity index is 391. The van der Waals surface area contributed by atoms with Gasteiger partial charge in [-0.2, -0.15) is 0 Å². The molecule has 0 saturated carbocycles. The lowest BCUT2D eigenvalue weighted by molar-refractivity contribution is 0.244. The third kappa shape index (κ3) is 3.98. The van der Waals surface area contributed by atoms with Gasteiger partial charge in [0, 0.05) is 6.04 Å². The van der Waals surface area contributed by atoms with Gasteiger partial charge in [-0.25, -0.2) is 4.79 Å². The van der Waals surface area contributed by atoms with Crippen LogP contribution in [0.5, 0.6) is 5.75 Å². The van der Waals surface area contributed by atoms with Crippen LogP contribution in [0.25, 0.3) is 0 Å². The third-order valence-electron chi connectivity index (χ3n) is 2.85. The summed E-state index contributed by atoms with van der Waals surface area (Å²) in [5.74, 6) is 0.318. The number of phenols is 1. The van der Waals surface area contributed by atoms with E-state index in [0.29, 0.717) is 12.2 Å². The predicted molar refractivity (Wildman–Crippen MR) is 68.0 cm³/mol. The standard InChI is InChI=1S/C13H20N2O2/c1-3-10-6-5-9(8-12(10)16)7-11(4-2)15-13(14)17/h5-6,8,11,16H,3-4,7H2,1-2H3,(H3,14,15,17). The van der Waals surface area contributed by atoms with E-state index in [1.54, 1.807) is 6.07 Å². The van der Waals surface area contributed by atoms with Crippen LogP contribution in [0, 0.1) is 0 Å². The Morgan fingerprint density at radius 2 is 2.18 bits per heavy atom. The summed E-state index contributed by atoms with van der Waals surface area (Å²) in [6, 6.07) is 5.15. The number of urea groups is 1. The highest BCUT2D eigenvalue weighted by molar-refractivity contribution is 5.72. The monoisotopic (exact) mass is 236 g/mol. The molecule has 0 aliphatic heterocycles. The number of aromatic hydroxyl groups is 1. The van der Waals surface area contributed by atoms with Crippen molar-refractivity contribution in [3.63, 3.8) is 0 Å². The molecule has 94 valence electrons. The van der Waals surface area contributed by atoms with Crippen LogP contribution in [0.15, 0.2) is 18.2 Å². The Kier molecular flexibility index (Phi) is 4.82. The highest BCUT2D eigenvalue weighted by Gasteiger charge is 2.10. The molecule has 2 amide bonds. The maximum Gasteiger partial charge on any atom is 0.312 e. The number of carbonyl (C=O) groups excluding carboxylic acids is 1. The van der Waals surface area contributed by atoms with Gasteiger partial charge >= 0.3 is 6.03 Å². The number of phenolic OH excluding ortho intramolecular Hbond substituents is 1. The fraction of sp³-hybridized carbons (Fsp3) is 0.462. The number of nitrogens with two attached hydrogens (primary N) is 1. The van der Waals surface area contributed by atoms with E-state index in [9.17, 15) is 9.90 Å². The second-order valence-corrected chi connectivity index (χ2v) is 4.13. The minimum atomic E-state index is -0.508. The summed E-state index contributed by atoms with van der Waals surface area (Å²) in [7, 11) is 0. The average Bonchev–Trinajstić information content (AvgIpc) is 2.27. The highest BCUT2D eigenvalue weighted by Crippen LogP contribution is 2.20. The molecule has 1 aromatic rings. The summed E-state index contributed by atoms with van der Waals surface area (Å²) >= 11 is 0. The zero-order valence-electron chi connectivity index (χ0n) is 10.4. The molecule has 1 unspecified atom stereocenters. The van der Waals surface area contributed by atoms with E-state index in [-0.39, 0.29) is 6.04 Å². The Hall–Kier alpha value is -1.71. The van der Waals surface area contributed by atoms with Crippen molar-refractivity contribution in [3.05, 3.63) is 29.3 Å². The molecule has 0 radical (unpaired) electrons. The number of primary amides is 1.